The number of rotatable bonds is 10. The Labute approximate surface area is 101 Å². The molecular weight excluding hydrogens is 222 g/mol. The number of unbranched alkanes of at least 4 members (excludes halogenated alkanes) is 5. The summed E-state index contributed by atoms with van der Waals surface area (Å²) in [4.78, 5) is 0. The van der Waals surface area contributed by atoms with Crippen LogP contribution in [-0.4, -0.2) is 33.5 Å². The van der Waals surface area contributed by atoms with Gasteiger partial charge < -0.3 is 5.32 Å². The average molecular weight is 249 g/mol. The number of nitrogens with one attached hydrogen (secondary N) is 1. The predicted molar refractivity (Wildman–Crippen MR) is 70.6 cm³/mol. The van der Waals surface area contributed by atoms with E-state index in [0.717, 1.165) is 12.8 Å². The highest BCUT2D eigenvalue weighted by Crippen LogP contribution is 2.09. The molecule has 98 valence electrons. The standard InChI is InChI=1S/C12H27NO2S/c1-4-5-6-7-8-9-10-12(13-2)11-16(3,14)15/h12-13H,4-11H2,1-3H3. The molecule has 16 heavy (non-hydrogen) atoms. The highest BCUT2D eigenvalue weighted by Gasteiger charge is 2.12. The highest BCUT2D eigenvalue weighted by atomic mass is 32.2. The van der Waals surface area contributed by atoms with E-state index in [1.54, 1.807) is 0 Å². The zero-order valence-electron chi connectivity index (χ0n) is 11.0. The lowest BCUT2D eigenvalue weighted by atomic mass is 10.1. The molecule has 0 rings (SSSR count). The molecule has 0 aromatic rings. The van der Waals surface area contributed by atoms with Crippen molar-refractivity contribution in [3.63, 3.8) is 0 Å². The molecule has 1 unspecified atom stereocenters. The van der Waals surface area contributed by atoms with Crippen LogP contribution in [0, 0.1) is 0 Å². The molecule has 0 saturated heterocycles. The summed E-state index contributed by atoms with van der Waals surface area (Å²) in [5.74, 6) is 0.262. The third-order valence-corrected chi connectivity index (χ3v) is 3.83. The molecule has 0 radical (unpaired) electrons. The summed E-state index contributed by atoms with van der Waals surface area (Å²) in [5.41, 5.74) is 0. The van der Waals surface area contributed by atoms with E-state index in [0.29, 0.717) is 0 Å². The van der Waals surface area contributed by atoms with E-state index in [1.807, 2.05) is 7.05 Å². The molecule has 0 fully saturated rings. The molecule has 0 aliphatic carbocycles. The van der Waals surface area contributed by atoms with Gasteiger partial charge in [-0.15, -0.1) is 0 Å². The van der Waals surface area contributed by atoms with E-state index in [4.69, 9.17) is 0 Å². The molecule has 3 nitrogen and oxygen atoms in total. The van der Waals surface area contributed by atoms with Crippen LogP contribution >= 0.6 is 0 Å². The Hall–Kier alpha value is -0.0900. The molecule has 0 saturated carbocycles. The maximum Gasteiger partial charge on any atom is 0.148 e. The minimum atomic E-state index is -2.85. The second kappa shape index (κ2) is 8.99. The Bertz CT molecular complexity index is 250. The highest BCUT2D eigenvalue weighted by molar-refractivity contribution is 7.90. The van der Waals surface area contributed by atoms with Gasteiger partial charge >= 0.3 is 0 Å². The minimum Gasteiger partial charge on any atom is -0.316 e. The van der Waals surface area contributed by atoms with Gasteiger partial charge in [-0.1, -0.05) is 45.4 Å². The first-order chi connectivity index (χ1) is 7.49. The third kappa shape index (κ3) is 10.4. The van der Waals surface area contributed by atoms with E-state index < -0.39 is 9.84 Å². The molecule has 0 aromatic carbocycles. The fourth-order valence-corrected chi connectivity index (χ4v) is 2.91. The van der Waals surface area contributed by atoms with Gasteiger partial charge in [0.05, 0.1) is 5.75 Å². The van der Waals surface area contributed by atoms with Crippen LogP contribution in [0.5, 0.6) is 0 Å². The Morgan fingerprint density at radius 3 is 2.12 bits per heavy atom. The molecule has 1 N–H and O–H groups in total. The monoisotopic (exact) mass is 249 g/mol. The van der Waals surface area contributed by atoms with Crippen molar-refractivity contribution in [1.29, 1.82) is 0 Å². The molecule has 0 bridgehead atoms. The first-order valence-corrected chi connectivity index (χ1v) is 8.40. The third-order valence-electron chi connectivity index (χ3n) is 2.82. The predicted octanol–water partition coefficient (Wildman–Crippen LogP) is 2.37. The quantitative estimate of drug-likeness (QED) is 0.605. The Balaban J connectivity index is 3.56. The Morgan fingerprint density at radius 1 is 1.06 bits per heavy atom. The van der Waals surface area contributed by atoms with E-state index >= 15 is 0 Å². The van der Waals surface area contributed by atoms with Gasteiger partial charge in [-0.05, 0) is 13.5 Å². The lowest BCUT2D eigenvalue weighted by Gasteiger charge is -2.14. The Morgan fingerprint density at radius 2 is 1.62 bits per heavy atom. The van der Waals surface area contributed by atoms with Crippen LogP contribution in [-0.2, 0) is 9.84 Å². The number of hydrogen-bond acceptors (Lipinski definition) is 3. The molecule has 0 spiro atoms. The largest absolute Gasteiger partial charge is 0.316 e. The first kappa shape index (κ1) is 15.9. The van der Waals surface area contributed by atoms with Gasteiger partial charge in [0.25, 0.3) is 0 Å². The topological polar surface area (TPSA) is 46.2 Å². The fraction of sp³-hybridized carbons (Fsp3) is 1.00. The molecular formula is C12H27NO2S. The molecule has 0 aliphatic rings. The van der Waals surface area contributed by atoms with Crippen LogP contribution in [0.3, 0.4) is 0 Å². The van der Waals surface area contributed by atoms with Crippen LogP contribution in [0.1, 0.15) is 51.9 Å². The van der Waals surface area contributed by atoms with Crippen LogP contribution in [0.4, 0.5) is 0 Å². The van der Waals surface area contributed by atoms with Gasteiger partial charge in [-0.2, -0.15) is 0 Å². The molecule has 0 amide bonds. The molecule has 0 aromatic heterocycles. The fourth-order valence-electron chi connectivity index (χ4n) is 1.85. The second-order valence-corrected chi connectivity index (χ2v) is 6.82. The van der Waals surface area contributed by atoms with E-state index in [2.05, 4.69) is 12.2 Å². The zero-order valence-corrected chi connectivity index (χ0v) is 11.8. The van der Waals surface area contributed by atoms with E-state index in [9.17, 15) is 8.42 Å². The van der Waals surface area contributed by atoms with Crippen molar-refractivity contribution in [3.8, 4) is 0 Å². The normalized spacial score (nSPS) is 13.9. The van der Waals surface area contributed by atoms with Crippen molar-refractivity contribution in [2.75, 3.05) is 19.1 Å². The maximum atomic E-state index is 11.1. The summed E-state index contributed by atoms with van der Waals surface area (Å²) in [6.45, 7) is 2.21. The van der Waals surface area contributed by atoms with Crippen molar-refractivity contribution < 1.29 is 8.42 Å². The van der Waals surface area contributed by atoms with Gasteiger partial charge in [0, 0.05) is 12.3 Å². The van der Waals surface area contributed by atoms with Gasteiger partial charge in [0.1, 0.15) is 9.84 Å². The molecule has 4 heteroatoms. The minimum absolute atomic E-state index is 0.126. The lowest BCUT2D eigenvalue weighted by molar-refractivity contribution is 0.503. The van der Waals surface area contributed by atoms with Gasteiger partial charge in [-0.25, -0.2) is 8.42 Å². The second-order valence-electron chi connectivity index (χ2n) is 4.63. The average Bonchev–Trinajstić information content (AvgIpc) is 2.19. The van der Waals surface area contributed by atoms with Crippen molar-refractivity contribution in [2.24, 2.45) is 0 Å². The summed E-state index contributed by atoms with van der Waals surface area (Å²) in [7, 11) is -1.01. The molecule has 0 aliphatic heterocycles. The smallest absolute Gasteiger partial charge is 0.148 e. The van der Waals surface area contributed by atoms with E-state index in [1.165, 1.54) is 38.4 Å². The van der Waals surface area contributed by atoms with Crippen molar-refractivity contribution in [2.45, 2.75) is 57.9 Å². The summed E-state index contributed by atoms with van der Waals surface area (Å²) < 4.78 is 22.3. The van der Waals surface area contributed by atoms with Crippen LogP contribution in [0.25, 0.3) is 0 Å². The molecule has 1 atom stereocenters. The number of hydrogen-bond donors (Lipinski definition) is 1. The Kier molecular flexibility index (Phi) is 8.94. The summed E-state index contributed by atoms with van der Waals surface area (Å²) in [5, 5.41) is 3.08. The maximum absolute atomic E-state index is 11.1. The van der Waals surface area contributed by atoms with Crippen molar-refractivity contribution in [3.05, 3.63) is 0 Å². The summed E-state index contributed by atoms with van der Waals surface area (Å²) in [6.07, 6.45) is 9.81. The lowest BCUT2D eigenvalue weighted by Crippen LogP contribution is -2.32. The summed E-state index contributed by atoms with van der Waals surface area (Å²) >= 11 is 0. The molecule has 0 heterocycles. The van der Waals surface area contributed by atoms with Crippen LogP contribution in [0.15, 0.2) is 0 Å². The zero-order chi connectivity index (χ0) is 12.4. The van der Waals surface area contributed by atoms with Crippen LogP contribution < -0.4 is 5.32 Å². The van der Waals surface area contributed by atoms with Crippen molar-refractivity contribution in [1.82, 2.24) is 5.32 Å². The van der Waals surface area contributed by atoms with E-state index in [-0.39, 0.29) is 11.8 Å². The van der Waals surface area contributed by atoms with Gasteiger partial charge in [0.2, 0.25) is 0 Å². The van der Waals surface area contributed by atoms with Crippen molar-refractivity contribution >= 4 is 9.84 Å². The van der Waals surface area contributed by atoms with Gasteiger partial charge in [-0.3, -0.25) is 0 Å². The first-order valence-electron chi connectivity index (χ1n) is 6.34. The van der Waals surface area contributed by atoms with Gasteiger partial charge in [0.15, 0.2) is 0 Å². The SMILES string of the molecule is CCCCCCCCC(CS(C)(=O)=O)NC. The van der Waals surface area contributed by atoms with Crippen LogP contribution in [0.2, 0.25) is 0 Å². The number of sulfone groups is 1. The summed E-state index contributed by atoms with van der Waals surface area (Å²) in [6, 6.07) is 0.126.